The van der Waals surface area contributed by atoms with E-state index >= 15 is 0 Å². The molecule has 0 radical (unpaired) electrons. The summed E-state index contributed by atoms with van der Waals surface area (Å²) in [5.74, 6) is -0.0601. The van der Waals surface area contributed by atoms with E-state index in [1.165, 1.54) is 0 Å². The lowest BCUT2D eigenvalue weighted by molar-refractivity contribution is -0.149. The van der Waals surface area contributed by atoms with Crippen LogP contribution >= 0.6 is 0 Å². The molecule has 0 aliphatic carbocycles. The predicted molar refractivity (Wildman–Crippen MR) is 53.7 cm³/mol. The molecule has 1 fully saturated rings. The Kier molecular flexibility index (Phi) is 2.83. The van der Waals surface area contributed by atoms with Crippen molar-refractivity contribution >= 4 is 11.8 Å². The minimum Gasteiger partial charge on any atom is -0.343 e. The molecule has 1 N–H and O–H groups in total. The second-order valence-corrected chi connectivity index (χ2v) is 4.38. The molecule has 1 rings (SSSR count). The van der Waals surface area contributed by atoms with Crippen molar-refractivity contribution in [3.05, 3.63) is 0 Å². The predicted octanol–water partition coefficient (Wildman–Crippen LogP) is 0.522. The largest absolute Gasteiger partial charge is 0.343 e. The highest BCUT2D eigenvalue weighted by molar-refractivity contribution is 5.94. The third-order valence-corrected chi connectivity index (χ3v) is 2.91. The number of nitrogens with one attached hydrogen (secondary N) is 1. The third-order valence-electron chi connectivity index (χ3n) is 2.91. The van der Waals surface area contributed by atoms with Crippen molar-refractivity contribution in [3.8, 4) is 0 Å². The van der Waals surface area contributed by atoms with Gasteiger partial charge in [0.1, 0.15) is 12.6 Å². The van der Waals surface area contributed by atoms with Crippen LogP contribution in [0.4, 0.5) is 0 Å². The number of piperazine rings is 1. The van der Waals surface area contributed by atoms with E-state index in [1.807, 2.05) is 20.8 Å². The van der Waals surface area contributed by atoms with E-state index in [-0.39, 0.29) is 29.9 Å². The first-order valence-electron chi connectivity index (χ1n) is 4.99. The molecule has 4 heteroatoms. The van der Waals surface area contributed by atoms with Crippen LogP contribution in [-0.2, 0) is 9.59 Å². The van der Waals surface area contributed by atoms with E-state index in [4.69, 9.17) is 0 Å². The highest BCUT2D eigenvalue weighted by Crippen LogP contribution is 2.20. The number of hydrogen-bond acceptors (Lipinski definition) is 2. The van der Waals surface area contributed by atoms with Crippen LogP contribution in [-0.4, -0.2) is 34.8 Å². The zero-order chi connectivity index (χ0) is 10.9. The summed E-state index contributed by atoms with van der Waals surface area (Å²) in [5.41, 5.74) is -0.233. The van der Waals surface area contributed by atoms with Gasteiger partial charge in [-0.25, -0.2) is 0 Å². The molecule has 80 valence electrons. The van der Waals surface area contributed by atoms with E-state index in [0.717, 1.165) is 6.42 Å². The maximum Gasteiger partial charge on any atom is 0.245 e. The van der Waals surface area contributed by atoms with Gasteiger partial charge in [0.05, 0.1) is 0 Å². The fourth-order valence-corrected chi connectivity index (χ4v) is 1.51. The molecular formula is C10H18N2O2. The van der Waals surface area contributed by atoms with Crippen molar-refractivity contribution in [2.45, 2.75) is 45.7 Å². The van der Waals surface area contributed by atoms with Gasteiger partial charge in [-0.1, -0.05) is 6.92 Å². The quantitative estimate of drug-likeness (QED) is 0.703. The Morgan fingerprint density at radius 1 is 1.50 bits per heavy atom. The van der Waals surface area contributed by atoms with Crippen LogP contribution in [0.25, 0.3) is 0 Å². The molecule has 14 heavy (non-hydrogen) atoms. The Morgan fingerprint density at radius 3 is 2.57 bits per heavy atom. The summed E-state index contributed by atoms with van der Waals surface area (Å²) in [6, 6.07) is -0.387. The third kappa shape index (κ3) is 1.89. The molecule has 1 aliphatic rings. The van der Waals surface area contributed by atoms with E-state index < -0.39 is 0 Å². The molecule has 0 bridgehead atoms. The minimum atomic E-state index is -0.387. The maximum absolute atomic E-state index is 11.8. The Bertz CT molecular complexity index is 261. The molecule has 1 heterocycles. The lowest BCUT2D eigenvalue weighted by Gasteiger charge is -2.42. The molecule has 1 aliphatic heterocycles. The van der Waals surface area contributed by atoms with E-state index in [9.17, 15) is 9.59 Å². The number of amides is 2. The summed E-state index contributed by atoms with van der Waals surface area (Å²) in [6.45, 7) is 7.89. The van der Waals surface area contributed by atoms with Crippen molar-refractivity contribution in [2.24, 2.45) is 0 Å². The lowest BCUT2D eigenvalue weighted by Crippen LogP contribution is -2.62. The second kappa shape index (κ2) is 3.59. The van der Waals surface area contributed by atoms with Crippen LogP contribution in [0.15, 0.2) is 0 Å². The monoisotopic (exact) mass is 198 g/mol. The van der Waals surface area contributed by atoms with Crippen molar-refractivity contribution in [1.82, 2.24) is 10.2 Å². The van der Waals surface area contributed by atoms with Crippen molar-refractivity contribution in [3.63, 3.8) is 0 Å². The highest BCUT2D eigenvalue weighted by Gasteiger charge is 2.37. The Balaban J connectivity index is 2.86. The number of nitrogens with zero attached hydrogens (tertiary/aromatic N) is 1. The first-order chi connectivity index (χ1) is 6.38. The van der Waals surface area contributed by atoms with Crippen LogP contribution in [0.3, 0.4) is 0 Å². The topological polar surface area (TPSA) is 49.4 Å². The maximum atomic E-state index is 11.8. The molecule has 0 aromatic rings. The molecule has 0 aromatic heterocycles. The van der Waals surface area contributed by atoms with Gasteiger partial charge in [0.2, 0.25) is 11.8 Å². The van der Waals surface area contributed by atoms with Crippen LogP contribution in [0.2, 0.25) is 0 Å². The summed E-state index contributed by atoms with van der Waals surface area (Å²) in [4.78, 5) is 24.7. The summed E-state index contributed by atoms with van der Waals surface area (Å²) >= 11 is 0. The van der Waals surface area contributed by atoms with Gasteiger partial charge in [-0.15, -0.1) is 0 Å². The molecule has 0 aromatic carbocycles. The van der Waals surface area contributed by atoms with Crippen LogP contribution in [0.1, 0.15) is 34.1 Å². The van der Waals surface area contributed by atoms with Gasteiger partial charge in [0.25, 0.3) is 0 Å². The minimum absolute atomic E-state index is 0.0106. The number of hydrogen-bond donors (Lipinski definition) is 1. The average molecular weight is 198 g/mol. The normalized spacial score (nSPS) is 23.7. The zero-order valence-electron chi connectivity index (χ0n) is 9.26. The molecule has 0 spiro atoms. The zero-order valence-corrected chi connectivity index (χ0v) is 9.26. The van der Waals surface area contributed by atoms with Crippen molar-refractivity contribution < 1.29 is 9.59 Å². The molecular weight excluding hydrogens is 180 g/mol. The van der Waals surface area contributed by atoms with Crippen LogP contribution < -0.4 is 5.32 Å². The number of rotatable bonds is 2. The Hall–Kier alpha value is -1.06. The van der Waals surface area contributed by atoms with Crippen molar-refractivity contribution in [2.75, 3.05) is 6.54 Å². The van der Waals surface area contributed by atoms with Gasteiger partial charge >= 0.3 is 0 Å². The van der Waals surface area contributed by atoms with E-state index in [0.29, 0.717) is 0 Å². The van der Waals surface area contributed by atoms with Gasteiger partial charge in [0, 0.05) is 5.54 Å². The Labute approximate surface area is 84.7 Å². The first kappa shape index (κ1) is 11.0. The smallest absolute Gasteiger partial charge is 0.245 e. The van der Waals surface area contributed by atoms with E-state index in [1.54, 1.807) is 11.8 Å². The lowest BCUT2D eigenvalue weighted by atomic mass is 9.97. The Morgan fingerprint density at radius 2 is 2.07 bits per heavy atom. The van der Waals surface area contributed by atoms with Crippen LogP contribution in [0, 0.1) is 0 Å². The van der Waals surface area contributed by atoms with Gasteiger partial charge in [0.15, 0.2) is 0 Å². The second-order valence-electron chi connectivity index (χ2n) is 4.38. The number of carbonyl (C=O) groups excluding carboxylic acids is 2. The molecule has 0 saturated carbocycles. The SMILES string of the molecule is CCC(C)(C)N1CC(=O)NC(C)C1=O. The van der Waals surface area contributed by atoms with Crippen molar-refractivity contribution in [1.29, 1.82) is 0 Å². The fraction of sp³-hybridized carbons (Fsp3) is 0.800. The number of carbonyl (C=O) groups is 2. The van der Waals surface area contributed by atoms with Gasteiger partial charge in [-0.3, -0.25) is 9.59 Å². The molecule has 1 saturated heterocycles. The van der Waals surface area contributed by atoms with Gasteiger partial charge < -0.3 is 10.2 Å². The summed E-state index contributed by atoms with van der Waals surface area (Å²) in [6.07, 6.45) is 0.846. The highest BCUT2D eigenvalue weighted by atomic mass is 16.2. The van der Waals surface area contributed by atoms with Gasteiger partial charge in [-0.2, -0.15) is 0 Å². The summed E-state index contributed by atoms with van der Waals surface area (Å²) in [5, 5.41) is 2.63. The standard InChI is InChI=1S/C10H18N2O2/c1-5-10(3,4)12-6-8(13)11-7(2)9(12)14/h7H,5-6H2,1-4H3,(H,11,13). The molecule has 4 nitrogen and oxygen atoms in total. The average Bonchev–Trinajstić information content (AvgIpc) is 2.11. The molecule has 2 amide bonds. The summed E-state index contributed by atoms with van der Waals surface area (Å²) < 4.78 is 0. The fourth-order valence-electron chi connectivity index (χ4n) is 1.51. The van der Waals surface area contributed by atoms with Crippen LogP contribution in [0.5, 0.6) is 0 Å². The van der Waals surface area contributed by atoms with E-state index in [2.05, 4.69) is 5.32 Å². The molecule has 1 unspecified atom stereocenters. The molecule has 1 atom stereocenters. The summed E-state index contributed by atoms with van der Waals surface area (Å²) in [7, 11) is 0. The first-order valence-corrected chi connectivity index (χ1v) is 4.99. The van der Waals surface area contributed by atoms with Gasteiger partial charge in [-0.05, 0) is 27.2 Å².